The molecule has 0 fully saturated rings. The summed E-state index contributed by atoms with van der Waals surface area (Å²) in [5, 5.41) is 3.60. The fraction of sp³-hybridized carbons (Fsp3) is 0.182. The highest BCUT2D eigenvalue weighted by Crippen LogP contribution is 2.35. The predicted octanol–water partition coefficient (Wildman–Crippen LogP) is 4.60. The lowest BCUT2D eigenvalue weighted by Gasteiger charge is -2.27. The molecule has 0 amide bonds. The standard InChI is InChI=1S/C22H21NO3S/c1-22(18-9-5-17(6-10-18)21-4-3-15-26-21)14-13-20(23-22)16-7-11-19(12-8-16)27(2,24)25/h3-13,15,23H,14H2,1-2H3. The molecule has 0 saturated carbocycles. The van der Waals surface area contributed by atoms with Crippen LogP contribution in [-0.4, -0.2) is 14.7 Å². The van der Waals surface area contributed by atoms with Gasteiger partial charge in [0, 0.05) is 17.5 Å². The van der Waals surface area contributed by atoms with Gasteiger partial charge in [0.15, 0.2) is 9.84 Å². The van der Waals surface area contributed by atoms with Crippen molar-refractivity contribution in [2.75, 3.05) is 6.26 Å². The fourth-order valence-corrected chi connectivity index (χ4v) is 4.04. The van der Waals surface area contributed by atoms with Crippen LogP contribution in [0.5, 0.6) is 0 Å². The fourth-order valence-electron chi connectivity index (χ4n) is 3.41. The highest BCUT2D eigenvalue weighted by molar-refractivity contribution is 7.90. The van der Waals surface area contributed by atoms with Crippen molar-refractivity contribution in [2.24, 2.45) is 0 Å². The van der Waals surface area contributed by atoms with Gasteiger partial charge in [-0.1, -0.05) is 42.5 Å². The lowest BCUT2D eigenvalue weighted by Crippen LogP contribution is -2.33. The van der Waals surface area contributed by atoms with Gasteiger partial charge < -0.3 is 9.73 Å². The van der Waals surface area contributed by atoms with Crippen LogP contribution < -0.4 is 5.32 Å². The monoisotopic (exact) mass is 379 g/mol. The minimum Gasteiger partial charge on any atom is -0.464 e. The SMILES string of the molecule is CC1(c2ccc(-c3ccco3)cc2)CC=C(c2ccc(S(C)(=O)=O)cc2)N1. The Morgan fingerprint density at radius 3 is 2.22 bits per heavy atom. The van der Waals surface area contributed by atoms with Crippen molar-refractivity contribution in [1.82, 2.24) is 5.32 Å². The third-order valence-corrected chi connectivity index (χ3v) is 6.17. The van der Waals surface area contributed by atoms with E-state index in [2.05, 4.69) is 42.6 Å². The smallest absolute Gasteiger partial charge is 0.175 e. The number of furan rings is 1. The zero-order chi connectivity index (χ0) is 19.1. The zero-order valence-electron chi connectivity index (χ0n) is 15.3. The van der Waals surface area contributed by atoms with Crippen LogP contribution in [0.3, 0.4) is 0 Å². The maximum atomic E-state index is 11.6. The first kappa shape index (κ1) is 17.6. The Hall–Kier alpha value is -2.79. The molecule has 1 aromatic heterocycles. The van der Waals surface area contributed by atoms with Gasteiger partial charge in [-0.3, -0.25) is 0 Å². The molecule has 0 bridgehead atoms. The van der Waals surface area contributed by atoms with Crippen LogP contribution in [-0.2, 0) is 15.4 Å². The van der Waals surface area contributed by atoms with E-state index in [0.717, 1.165) is 29.0 Å². The maximum Gasteiger partial charge on any atom is 0.175 e. The molecular formula is C22H21NO3S. The summed E-state index contributed by atoms with van der Waals surface area (Å²) in [5.41, 5.74) is 4.05. The van der Waals surface area contributed by atoms with Gasteiger partial charge in [0.05, 0.1) is 16.7 Å². The molecule has 0 spiro atoms. The van der Waals surface area contributed by atoms with Gasteiger partial charge in [-0.05, 0) is 48.7 Å². The number of hydrogen-bond acceptors (Lipinski definition) is 4. The summed E-state index contributed by atoms with van der Waals surface area (Å²) in [5.74, 6) is 0.857. The third-order valence-electron chi connectivity index (χ3n) is 5.05. The average Bonchev–Trinajstić information content (AvgIpc) is 3.32. The predicted molar refractivity (Wildman–Crippen MR) is 107 cm³/mol. The lowest BCUT2D eigenvalue weighted by molar-refractivity contribution is 0.457. The van der Waals surface area contributed by atoms with Gasteiger partial charge in [-0.2, -0.15) is 0 Å². The maximum absolute atomic E-state index is 11.6. The molecule has 0 radical (unpaired) electrons. The quantitative estimate of drug-likeness (QED) is 0.720. The van der Waals surface area contributed by atoms with E-state index in [4.69, 9.17) is 4.42 Å². The van der Waals surface area contributed by atoms with Crippen molar-refractivity contribution >= 4 is 15.5 Å². The molecule has 5 heteroatoms. The van der Waals surface area contributed by atoms with Crippen molar-refractivity contribution < 1.29 is 12.8 Å². The van der Waals surface area contributed by atoms with E-state index in [1.165, 1.54) is 11.8 Å². The van der Waals surface area contributed by atoms with Gasteiger partial charge in [0.2, 0.25) is 0 Å². The second kappa shape index (κ2) is 6.43. The molecule has 2 heterocycles. The summed E-state index contributed by atoms with van der Waals surface area (Å²) in [7, 11) is -3.18. The van der Waals surface area contributed by atoms with E-state index < -0.39 is 9.84 Å². The summed E-state index contributed by atoms with van der Waals surface area (Å²) in [6.07, 6.45) is 5.92. The Labute approximate surface area is 159 Å². The van der Waals surface area contributed by atoms with E-state index in [1.54, 1.807) is 18.4 Å². The van der Waals surface area contributed by atoms with Gasteiger partial charge in [-0.25, -0.2) is 8.42 Å². The second-order valence-electron chi connectivity index (χ2n) is 7.13. The van der Waals surface area contributed by atoms with E-state index in [1.807, 2.05) is 24.3 Å². The van der Waals surface area contributed by atoms with Gasteiger partial charge in [-0.15, -0.1) is 0 Å². The van der Waals surface area contributed by atoms with Crippen LogP contribution >= 0.6 is 0 Å². The van der Waals surface area contributed by atoms with Gasteiger partial charge >= 0.3 is 0 Å². The van der Waals surface area contributed by atoms with E-state index in [0.29, 0.717) is 4.90 Å². The number of nitrogens with one attached hydrogen (secondary N) is 1. The lowest BCUT2D eigenvalue weighted by atomic mass is 9.90. The molecule has 0 saturated heterocycles. The number of hydrogen-bond donors (Lipinski definition) is 1. The first-order valence-corrected chi connectivity index (χ1v) is 10.7. The molecule has 1 aliphatic rings. The molecule has 2 aromatic carbocycles. The van der Waals surface area contributed by atoms with Gasteiger partial charge in [0.1, 0.15) is 5.76 Å². The Kier molecular flexibility index (Phi) is 4.19. The first-order chi connectivity index (χ1) is 12.9. The molecule has 1 N–H and O–H groups in total. The topological polar surface area (TPSA) is 59.3 Å². The van der Waals surface area contributed by atoms with Crippen LogP contribution in [0.4, 0.5) is 0 Å². The molecule has 1 aliphatic heterocycles. The highest BCUT2D eigenvalue weighted by Gasteiger charge is 2.31. The molecule has 3 aromatic rings. The van der Waals surface area contributed by atoms with Crippen LogP contribution in [0.2, 0.25) is 0 Å². The van der Waals surface area contributed by atoms with Crippen molar-refractivity contribution in [3.05, 3.63) is 84.1 Å². The molecule has 27 heavy (non-hydrogen) atoms. The summed E-state index contributed by atoms with van der Waals surface area (Å²) in [6, 6.07) is 19.2. The van der Waals surface area contributed by atoms with Crippen molar-refractivity contribution in [1.29, 1.82) is 0 Å². The minimum absolute atomic E-state index is 0.202. The van der Waals surface area contributed by atoms with E-state index in [9.17, 15) is 8.42 Å². The summed E-state index contributed by atoms with van der Waals surface area (Å²) >= 11 is 0. The minimum atomic E-state index is -3.18. The van der Waals surface area contributed by atoms with Gasteiger partial charge in [0.25, 0.3) is 0 Å². The molecule has 1 atom stereocenters. The Balaban J connectivity index is 1.53. The van der Waals surface area contributed by atoms with Crippen molar-refractivity contribution in [3.8, 4) is 11.3 Å². The summed E-state index contributed by atoms with van der Waals surface area (Å²) < 4.78 is 28.7. The zero-order valence-corrected chi connectivity index (χ0v) is 16.1. The van der Waals surface area contributed by atoms with Crippen molar-refractivity contribution in [2.45, 2.75) is 23.8 Å². The first-order valence-electron chi connectivity index (χ1n) is 8.78. The second-order valence-corrected chi connectivity index (χ2v) is 9.15. The molecule has 1 unspecified atom stereocenters. The third kappa shape index (κ3) is 3.43. The summed E-state index contributed by atoms with van der Waals surface area (Å²) in [4.78, 5) is 0.334. The molecule has 4 rings (SSSR count). The van der Waals surface area contributed by atoms with Crippen LogP contribution in [0.15, 0.2) is 82.3 Å². The average molecular weight is 379 g/mol. The van der Waals surface area contributed by atoms with Crippen LogP contribution in [0.25, 0.3) is 17.0 Å². The Bertz CT molecular complexity index is 1080. The Morgan fingerprint density at radius 2 is 1.63 bits per heavy atom. The van der Waals surface area contributed by atoms with E-state index >= 15 is 0 Å². The number of rotatable bonds is 4. The summed E-state index contributed by atoms with van der Waals surface area (Å²) in [6.45, 7) is 2.17. The number of sulfone groups is 1. The largest absolute Gasteiger partial charge is 0.464 e. The molecule has 0 aliphatic carbocycles. The normalized spacial score (nSPS) is 19.6. The Morgan fingerprint density at radius 1 is 0.963 bits per heavy atom. The van der Waals surface area contributed by atoms with Crippen LogP contribution in [0, 0.1) is 0 Å². The van der Waals surface area contributed by atoms with E-state index in [-0.39, 0.29) is 5.54 Å². The highest BCUT2D eigenvalue weighted by atomic mass is 32.2. The molecule has 4 nitrogen and oxygen atoms in total. The number of benzene rings is 2. The molecule has 138 valence electrons. The molecular weight excluding hydrogens is 358 g/mol. The van der Waals surface area contributed by atoms with Crippen molar-refractivity contribution in [3.63, 3.8) is 0 Å². The van der Waals surface area contributed by atoms with Crippen LogP contribution in [0.1, 0.15) is 24.5 Å².